The first kappa shape index (κ1) is 22.3. The number of rotatable bonds is 2. The lowest BCUT2D eigenvalue weighted by Crippen LogP contribution is -2.44. The lowest BCUT2D eigenvalue weighted by Gasteiger charge is -2.31. The number of hydrogen-bond acceptors (Lipinski definition) is 3. The molecule has 3 unspecified atom stereocenters. The van der Waals surface area contributed by atoms with Crippen LogP contribution in [0.5, 0.6) is 0 Å². The Morgan fingerprint density at radius 1 is 1.34 bits per heavy atom. The van der Waals surface area contributed by atoms with E-state index in [0.29, 0.717) is 19.0 Å². The fourth-order valence-electron chi connectivity index (χ4n) is 4.99. The number of aliphatic imine (C=N–C) groups is 2. The van der Waals surface area contributed by atoms with Crippen molar-refractivity contribution in [1.82, 2.24) is 14.8 Å². The smallest absolute Gasteiger partial charge is 0.410 e. The number of halogens is 1. The zero-order chi connectivity index (χ0) is 23.0. The van der Waals surface area contributed by atoms with Gasteiger partial charge in [0.1, 0.15) is 11.4 Å². The molecule has 2 aromatic rings. The van der Waals surface area contributed by atoms with Crippen molar-refractivity contribution in [1.29, 1.82) is 0 Å². The van der Waals surface area contributed by atoms with Crippen LogP contribution in [0.1, 0.15) is 52.0 Å². The SMILES string of the molecule is CCC=NC(=NC)N1CC(c2c[nH]c3cc(F)ccc23)C2C1CCN2C(=O)OC(C)(C)C. The van der Waals surface area contributed by atoms with Gasteiger partial charge in [-0.25, -0.2) is 14.2 Å². The summed E-state index contributed by atoms with van der Waals surface area (Å²) in [6.45, 7) is 8.97. The van der Waals surface area contributed by atoms with Gasteiger partial charge >= 0.3 is 6.09 Å². The summed E-state index contributed by atoms with van der Waals surface area (Å²) in [5.41, 5.74) is 1.26. The molecule has 32 heavy (non-hydrogen) atoms. The average molecular weight is 442 g/mol. The number of guanidine groups is 1. The molecular formula is C24H32FN5O2. The molecule has 2 saturated heterocycles. The number of benzene rings is 1. The molecule has 2 aliphatic heterocycles. The van der Waals surface area contributed by atoms with Gasteiger partial charge in [-0.1, -0.05) is 6.92 Å². The molecule has 1 aromatic carbocycles. The lowest BCUT2D eigenvalue weighted by molar-refractivity contribution is 0.0213. The number of ether oxygens (including phenoxy) is 1. The van der Waals surface area contributed by atoms with Gasteiger partial charge in [0.15, 0.2) is 0 Å². The minimum absolute atomic E-state index is 0.0165. The molecule has 0 bridgehead atoms. The van der Waals surface area contributed by atoms with Gasteiger partial charge in [0.2, 0.25) is 5.96 Å². The number of carbonyl (C=O) groups excluding carboxylic acids is 1. The third kappa shape index (κ3) is 4.10. The first-order valence-electron chi connectivity index (χ1n) is 11.3. The highest BCUT2D eigenvalue weighted by Crippen LogP contribution is 2.43. The highest BCUT2D eigenvalue weighted by molar-refractivity contribution is 5.89. The van der Waals surface area contributed by atoms with Crippen molar-refractivity contribution in [3.05, 3.63) is 35.8 Å². The standard InChI is InChI=1S/C24H32FN5O2/c1-6-10-27-22(26-5)30-14-18(17-13-28-19-12-15(25)7-8-16(17)19)21-20(30)9-11-29(21)23(31)32-24(2,3)4/h7-8,10,12-13,18,20-21,28H,6,9,11,14H2,1-5H3. The van der Waals surface area contributed by atoms with Crippen molar-refractivity contribution in [2.45, 2.75) is 64.1 Å². The van der Waals surface area contributed by atoms with Gasteiger partial charge < -0.3 is 19.5 Å². The number of fused-ring (bicyclic) bond motifs is 2. The zero-order valence-corrected chi connectivity index (χ0v) is 19.4. The number of aromatic amines is 1. The van der Waals surface area contributed by atoms with Crippen molar-refractivity contribution in [2.24, 2.45) is 9.98 Å². The lowest BCUT2D eigenvalue weighted by atomic mass is 9.91. The fraction of sp³-hybridized carbons (Fsp3) is 0.542. The Hall–Kier alpha value is -2.90. The largest absolute Gasteiger partial charge is 0.444 e. The molecule has 1 N–H and O–H groups in total. The second-order valence-corrected chi connectivity index (χ2v) is 9.46. The molecule has 1 amide bonds. The molecule has 0 saturated carbocycles. The van der Waals surface area contributed by atoms with E-state index in [4.69, 9.17) is 4.74 Å². The fourth-order valence-corrected chi connectivity index (χ4v) is 4.99. The van der Waals surface area contributed by atoms with Crippen molar-refractivity contribution in [3.8, 4) is 0 Å². The van der Waals surface area contributed by atoms with Crippen LogP contribution in [-0.2, 0) is 4.74 Å². The van der Waals surface area contributed by atoms with Gasteiger partial charge in [-0.3, -0.25) is 4.99 Å². The van der Waals surface area contributed by atoms with Crippen molar-refractivity contribution < 1.29 is 13.9 Å². The molecule has 0 aliphatic carbocycles. The normalized spacial score (nSPS) is 24.1. The minimum atomic E-state index is -0.567. The number of hydrogen-bond donors (Lipinski definition) is 1. The number of aromatic nitrogens is 1. The first-order chi connectivity index (χ1) is 15.2. The molecule has 3 heterocycles. The monoisotopic (exact) mass is 441 g/mol. The predicted octanol–water partition coefficient (Wildman–Crippen LogP) is 4.55. The number of nitrogens with zero attached hydrogens (tertiary/aromatic N) is 4. The maximum Gasteiger partial charge on any atom is 0.410 e. The topological polar surface area (TPSA) is 73.3 Å². The Kier molecular flexibility index (Phi) is 5.97. The highest BCUT2D eigenvalue weighted by Gasteiger charge is 2.52. The average Bonchev–Trinajstić information content (AvgIpc) is 3.41. The van der Waals surface area contributed by atoms with Crippen molar-refractivity contribution >= 4 is 29.2 Å². The van der Waals surface area contributed by atoms with Crippen LogP contribution in [0, 0.1) is 5.82 Å². The van der Waals surface area contributed by atoms with E-state index in [1.54, 1.807) is 7.05 Å². The molecular weight excluding hydrogens is 409 g/mol. The molecule has 2 aliphatic rings. The molecule has 3 atom stereocenters. The number of carbonyl (C=O) groups is 1. The van der Waals surface area contributed by atoms with E-state index in [0.717, 1.165) is 29.3 Å². The van der Waals surface area contributed by atoms with Crippen LogP contribution < -0.4 is 0 Å². The van der Waals surface area contributed by atoms with Crippen LogP contribution in [0.4, 0.5) is 9.18 Å². The van der Waals surface area contributed by atoms with E-state index in [1.165, 1.54) is 12.1 Å². The van der Waals surface area contributed by atoms with Crippen LogP contribution in [0.3, 0.4) is 0 Å². The Morgan fingerprint density at radius 3 is 2.81 bits per heavy atom. The summed E-state index contributed by atoms with van der Waals surface area (Å²) in [7, 11) is 1.75. The molecule has 172 valence electrons. The van der Waals surface area contributed by atoms with E-state index < -0.39 is 5.60 Å². The third-order valence-corrected chi connectivity index (χ3v) is 6.18. The van der Waals surface area contributed by atoms with Gasteiger partial charge in [0.05, 0.1) is 12.1 Å². The van der Waals surface area contributed by atoms with Gasteiger partial charge in [0, 0.05) is 49.4 Å². The molecule has 0 spiro atoms. The Bertz CT molecular complexity index is 1050. The number of nitrogens with one attached hydrogen (secondary N) is 1. The molecule has 2 fully saturated rings. The van der Waals surface area contributed by atoms with E-state index in [9.17, 15) is 9.18 Å². The van der Waals surface area contributed by atoms with E-state index in [2.05, 4.69) is 19.9 Å². The van der Waals surface area contributed by atoms with Gasteiger partial charge in [-0.15, -0.1) is 0 Å². The van der Waals surface area contributed by atoms with Crippen LogP contribution in [0.25, 0.3) is 10.9 Å². The summed E-state index contributed by atoms with van der Waals surface area (Å²) >= 11 is 0. The molecule has 4 rings (SSSR count). The Morgan fingerprint density at radius 2 is 2.12 bits per heavy atom. The van der Waals surface area contributed by atoms with Crippen LogP contribution in [-0.4, -0.2) is 70.9 Å². The molecule has 1 aromatic heterocycles. The number of amides is 1. The molecule has 7 nitrogen and oxygen atoms in total. The van der Waals surface area contributed by atoms with Crippen LogP contribution in [0.15, 0.2) is 34.4 Å². The summed E-state index contributed by atoms with van der Waals surface area (Å²) in [4.78, 5) is 29.4. The quantitative estimate of drug-likeness (QED) is 0.549. The maximum atomic E-state index is 13.8. The van der Waals surface area contributed by atoms with Crippen LogP contribution >= 0.6 is 0 Å². The maximum absolute atomic E-state index is 13.8. The Labute approximate surface area is 188 Å². The number of H-pyrrole nitrogens is 1. The van der Waals surface area contributed by atoms with E-state index >= 15 is 0 Å². The first-order valence-corrected chi connectivity index (χ1v) is 11.3. The summed E-state index contributed by atoms with van der Waals surface area (Å²) in [5, 5.41) is 0.972. The summed E-state index contributed by atoms with van der Waals surface area (Å²) in [5.74, 6) is 0.423. The Balaban J connectivity index is 1.74. The summed E-state index contributed by atoms with van der Waals surface area (Å²) in [6.07, 6.45) is 5.15. The predicted molar refractivity (Wildman–Crippen MR) is 125 cm³/mol. The molecule has 0 radical (unpaired) electrons. The van der Waals surface area contributed by atoms with Crippen molar-refractivity contribution in [3.63, 3.8) is 0 Å². The summed E-state index contributed by atoms with van der Waals surface area (Å²) < 4.78 is 19.5. The zero-order valence-electron chi connectivity index (χ0n) is 19.4. The second kappa shape index (κ2) is 8.56. The third-order valence-electron chi connectivity index (χ3n) is 6.18. The summed E-state index contributed by atoms with van der Waals surface area (Å²) in [6, 6.07) is 4.81. The highest BCUT2D eigenvalue weighted by atomic mass is 19.1. The van der Waals surface area contributed by atoms with Gasteiger partial charge in [-0.05, 0) is 57.4 Å². The second-order valence-electron chi connectivity index (χ2n) is 9.46. The van der Waals surface area contributed by atoms with E-state index in [-0.39, 0.29) is 29.9 Å². The van der Waals surface area contributed by atoms with Crippen molar-refractivity contribution in [2.75, 3.05) is 20.1 Å². The van der Waals surface area contributed by atoms with Gasteiger partial charge in [-0.2, -0.15) is 0 Å². The van der Waals surface area contributed by atoms with Gasteiger partial charge in [0.25, 0.3) is 0 Å². The minimum Gasteiger partial charge on any atom is -0.444 e. The molecule has 8 heteroatoms. The van der Waals surface area contributed by atoms with Crippen LogP contribution in [0.2, 0.25) is 0 Å². The number of likely N-dealkylation sites (tertiary alicyclic amines) is 2. The van der Waals surface area contributed by atoms with E-state index in [1.807, 2.05) is 51.1 Å².